The van der Waals surface area contributed by atoms with Crippen molar-refractivity contribution in [3.05, 3.63) is 24.3 Å². The number of nitrogens with zero attached hydrogens (tertiary/aromatic N) is 1. The molecule has 0 saturated heterocycles. The van der Waals surface area contributed by atoms with Crippen LogP contribution in [0.25, 0.3) is 0 Å². The third kappa shape index (κ3) is 4.74. The van der Waals surface area contributed by atoms with E-state index >= 15 is 0 Å². The number of amidine groups is 1. The Labute approximate surface area is 120 Å². The highest BCUT2D eigenvalue weighted by Gasteiger charge is 2.28. The van der Waals surface area contributed by atoms with Crippen molar-refractivity contribution in [2.75, 3.05) is 26.8 Å². The van der Waals surface area contributed by atoms with E-state index in [-0.39, 0.29) is 5.84 Å². The van der Waals surface area contributed by atoms with Gasteiger partial charge in [0.05, 0.1) is 12.9 Å². The molecule has 0 atom stereocenters. The van der Waals surface area contributed by atoms with Gasteiger partial charge in [0, 0.05) is 25.6 Å². The molecule has 5 nitrogen and oxygen atoms in total. The molecule has 1 saturated carbocycles. The lowest BCUT2D eigenvalue weighted by Gasteiger charge is -2.21. The Morgan fingerprint density at radius 3 is 2.45 bits per heavy atom. The molecule has 0 spiro atoms. The summed E-state index contributed by atoms with van der Waals surface area (Å²) < 4.78 is 10.8. The summed E-state index contributed by atoms with van der Waals surface area (Å²) >= 11 is 0. The van der Waals surface area contributed by atoms with Gasteiger partial charge in [0.1, 0.15) is 18.1 Å². The molecule has 110 valence electrons. The third-order valence-corrected chi connectivity index (χ3v) is 3.44. The van der Waals surface area contributed by atoms with Crippen molar-refractivity contribution in [3.8, 4) is 11.5 Å². The first-order chi connectivity index (χ1) is 9.69. The quantitative estimate of drug-likeness (QED) is 0.534. The van der Waals surface area contributed by atoms with Crippen LogP contribution in [0, 0.1) is 5.41 Å². The number of nitrogens with one attached hydrogen (secondary N) is 1. The lowest BCUT2D eigenvalue weighted by molar-refractivity contribution is 0.205. The Kier molecular flexibility index (Phi) is 5.24. The van der Waals surface area contributed by atoms with Crippen LogP contribution in [0.15, 0.2) is 24.3 Å². The molecule has 0 aliphatic heterocycles. The third-order valence-electron chi connectivity index (χ3n) is 3.44. The van der Waals surface area contributed by atoms with Crippen LogP contribution in [-0.2, 0) is 0 Å². The second kappa shape index (κ2) is 7.14. The highest BCUT2D eigenvalue weighted by molar-refractivity contribution is 5.76. The van der Waals surface area contributed by atoms with Crippen LogP contribution in [0.1, 0.15) is 19.3 Å². The summed E-state index contributed by atoms with van der Waals surface area (Å²) in [5, 5.41) is 7.31. The molecule has 0 amide bonds. The van der Waals surface area contributed by atoms with Crippen LogP contribution in [0.3, 0.4) is 0 Å². The molecule has 0 heterocycles. The van der Waals surface area contributed by atoms with Crippen molar-refractivity contribution in [1.29, 1.82) is 5.41 Å². The van der Waals surface area contributed by atoms with Gasteiger partial charge in [0.25, 0.3) is 0 Å². The van der Waals surface area contributed by atoms with Crippen LogP contribution in [0.4, 0.5) is 0 Å². The van der Waals surface area contributed by atoms with Crippen LogP contribution < -0.4 is 15.2 Å². The molecule has 2 rings (SSSR count). The molecule has 0 radical (unpaired) electrons. The lowest BCUT2D eigenvalue weighted by atomic mass is 10.3. The average Bonchev–Trinajstić information content (AvgIpc) is 3.27. The predicted octanol–water partition coefficient (Wildman–Crippen LogP) is 1.86. The molecule has 5 heteroatoms. The first-order valence-corrected chi connectivity index (χ1v) is 7.03. The Bertz CT molecular complexity index is 429. The van der Waals surface area contributed by atoms with Crippen LogP contribution in [-0.4, -0.2) is 43.6 Å². The van der Waals surface area contributed by atoms with E-state index in [1.54, 1.807) is 7.11 Å². The van der Waals surface area contributed by atoms with Crippen molar-refractivity contribution >= 4 is 5.84 Å². The van der Waals surface area contributed by atoms with Gasteiger partial charge >= 0.3 is 0 Å². The van der Waals surface area contributed by atoms with Crippen molar-refractivity contribution in [1.82, 2.24) is 4.90 Å². The maximum atomic E-state index is 7.31. The van der Waals surface area contributed by atoms with Gasteiger partial charge in [0.2, 0.25) is 0 Å². The molecule has 1 aliphatic rings. The largest absolute Gasteiger partial charge is 0.497 e. The van der Waals surface area contributed by atoms with Gasteiger partial charge < -0.3 is 15.2 Å². The van der Waals surface area contributed by atoms with Gasteiger partial charge in [-0.05, 0) is 37.1 Å². The predicted molar refractivity (Wildman–Crippen MR) is 79.6 cm³/mol. The molecule has 1 fully saturated rings. The maximum Gasteiger partial charge on any atom is 0.119 e. The minimum atomic E-state index is 0.256. The van der Waals surface area contributed by atoms with E-state index in [9.17, 15) is 0 Å². The normalized spacial score (nSPS) is 14.3. The highest BCUT2D eigenvalue weighted by atomic mass is 16.5. The zero-order chi connectivity index (χ0) is 14.4. The van der Waals surface area contributed by atoms with Gasteiger partial charge in [-0.1, -0.05) is 0 Å². The molecule has 1 aliphatic carbocycles. The Balaban J connectivity index is 1.73. The van der Waals surface area contributed by atoms with Crippen LogP contribution in [0.5, 0.6) is 11.5 Å². The fourth-order valence-electron chi connectivity index (χ4n) is 2.13. The number of benzene rings is 1. The second-order valence-corrected chi connectivity index (χ2v) is 5.07. The molecule has 3 N–H and O–H groups in total. The SMILES string of the molecule is COc1ccc(OCCN(CCC(=N)N)C2CC2)cc1. The number of ether oxygens (including phenoxy) is 2. The molecule has 0 unspecified atom stereocenters. The molecule has 20 heavy (non-hydrogen) atoms. The number of methoxy groups -OCH3 is 1. The number of hydrogen-bond acceptors (Lipinski definition) is 4. The van der Waals surface area contributed by atoms with Gasteiger partial charge in [-0.25, -0.2) is 0 Å². The van der Waals surface area contributed by atoms with Crippen molar-refractivity contribution in [2.24, 2.45) is 5.73 Å². The standard InChI is InChI=1S/C15H23N3O2/c1-19-13-4-6-14(7-5-13)20-11-10-18(12-2-3-12)9-8-15(16)17/h4-7,12H,2-3,8-11H2,1H3,(H3,16,17). The Morgan fingerprint density at radius 1 is 1.25 bits per heavy atom. The lowest BCUT2D eigenvalue weighted by Crippen LogP contribution is -2.33. The number of nitrogens with two attached hydrogens (primary N) is 1. The zero-order valence-corrected chi connectivity index (χ0v) is 12.0. The summed E-state index contributed by atoms with van der Waals surface area (Å²) in [5.74, 6) is 1.94. The van der Waals surface area contributed by atoms with Gasteiger partial charge in [-0.2, -0.15) is 0 Å². The molecule has 1 aromatic carbocycles. The maximum absolute atomic E-state index is 7.31. The number of hydrogen-bond donors (Lipinski definition) is 2. The fourth-order valence-corrected chi connectivity index (χ4v) is 2.13. The second-order valence-electron chi connectivity index (χ2n) is 5.07. The minimum absolute atomic E-state index is 0.256. The number of rotatable bonds is 9. The Morgan fingerprint density at radius 2 is 1.90 bits per heavy atom. The summed E-state index contributed by atoms with van der Waals surface area (Å²) in [6, 6.07) is 8.27. The Hall–Kier alpha value is -1.75. The van der Waals surface area contributed by atoms with E-state index in [1.807, 2.05) is 24.3 Å². The van der Waals surface area contributed by atoms with Gasteiger partial charge in [-0.15, -0.1) is 0 Å². The molecular weight excluding hydrogens is 254 g/mol. The summed E-state index contributed by atoms with van der Waals surface area (Å²) in [6.45, 7) is 2.39. The summed E-state index contributed by atoms with van der Waals surface area (Å²) in [4.78, 5) is 2.37. The molecule has 1 aromatic rings. The first kappa shape index (κ1) is 14.7. The summed E-state index contributed by atoms with van der Waals surface area (Å²) in [6.07, 6.45) is 3.14. The molecule has 0 aromatic heterocycles. The monoisotopic (exact) mass is 277 g/mol. The highest BCUT2D eigenvalue weighted by Crippen LogP contribution is 2.26. The van der Waals surface area contributed by atoms with Crippen LogP contribution in [0.2, 0.25) is 0 Å². The van der Waals surface area contributed by atoms with Crippen molar-refractivity contribution in [3.63, 3.8) is 0 Å². The average molecular weight is 277 g/mol. The molecular formula is C15H23N3O2. The zero-order valence-electron chi connectivity index (χ0n) is 12.0. The first-order valence-electron chi connectivity index (χ1n) is 7.03. The van der Waals surface area contributed by atoms with Crippen molar-refractivity contribution in [2.45, 2.75) is 25.3 Å². The fraction of sp³-hybridized carbons (Fsp3) is 0.533. The van der Waals surface area contributed by atoms with E-state index in [0.717, 1.165) is 24.6 Å². The van der Waals surface area contributed by atoms with E-state index in [1.165, 1.54) is 12.8 Å². The van der Waals surface area contributed by atoms with Gasteiger partial charge in [0.15, 0.2) is 0 Å². The topological polar surface area (TPSA) is 71.6 Å². The summed E-state index contributed by atoms with van der Waals surface area (Å²) in [5.41, 5.74) is 5.42. The van der Waals surface area contributed by atoms with E-state index in [4.69, 9.17) is 20.6 Å². The van der Waals surface area contributed by atoms with E-state index in [2.05, 4.69) is 4.90 Å². The van der Waals surface area contributed by atoms with Crippen LogP contribution >= 0.6 is 0 Å². The minimum Gasteiger partial charge on any atom is -0.497 e. The van der Waals surface area contributed by atoms with Gasteiger partial charge in [-0.3, -0.25) is 10.3 Å². The molecule has 0 bridgehead atoms. The van der Waals surface area contributed by atoms with E-state index in [0.29, 0.717) is 19.1 Å². The van der Waals surface area contributed by atoms with Crippen molar-refractivity contribution < 1.29 is 9.47 Å². The summed E-state index contributed by atoms with van der Waals surface area (Å²) in [7, 11) is 1.65. The van der Waals surface area contributed by atoms with E-state index < -0.39 is 0 Å². The smallest absolute Gasteiger partial charge is 0.119 e.